The van der Waals surface area contributed by atoms with Crippen LogP contribution in [-0.4, -0.2) is 48.9 Å². The van der Waals surface area contributed by atoms with Crippen molar-refractivity contribution in [1.29, 1.82) is 0 Å². The molecule has 162 valence electrons. The van der Waals surface area contributed by atoms with Crippen LogP contribution in [0.2, 0.25) is 0 Å². The maximum absolute atomic E-state index is 13.0. The number of nitrogens with one attached hydrogen (secondary N) is 1. The number of piperazine rings is 1. The van der Waals surface area contributed by atoms with Crippen LogP contribution in [0.4, 0.5) is 17.5 Å². The number of benzene rings is 2. The fraction of sp³-hybridized carbons (Fsp3) is 0.304. The first-order chi connectivity index (χ1) is 15.0. The lowest BCUT2D eigenvalue weighted by molar-refractivity contribution is 0.382. The Balaban J connectivity index is 1.45. The van der Waals surface area contributed by atoms with E-state index < -0.39 is 10.0 Å². The lowest BCUT2D eigenvalue weighted by atomic mass is 10.2. The highest BCUT2D eigenvalue weighted by molar-refractivity contribution is 7.89. The van der Waals surface area contributed by atoms with Crippen molar-refractivity contribution in [2.75, 3.05) is 36.4 Å². The molecule has 0 atom stereocenters. The first-order valence-corrected chi connectivity index (χ1v) is 11.9. The summed E-state index contributed by atoms with van der Waals surface area (Å²) in [4.78, 5) is 11.6. The van der Waals surface area contributed by atoms with Gasteiger partial charge in [0, 0.05) is 43.6 Å². The van der Waals surface area contributed by atoms with Gasteiger partial charge in [-0.2, -0.15) is 9.29 Å². The fourth-order valence-electron chi connectivity index (χ4n) is 3.60. The molecule has 0 radical (unpaired) electrons. The van der Waals surface area contributed by atoms with Crippen molar-refractivity contribution in [3.63, 3.8) is 0 Å². The van der Waals surface area contributed by atoms with Crippen molar-refractivity contribution in [3.05, 3.63) is 71.9 Å². The molecule has 0 unspecified atom stereocenters. The Morgan fingerprint density at radius 2 is 1.61 bits per heavy atom. The topological polar surface area (TPSA) is 78.4 Å². The molecular weight excluding hydrogens is 410 g/mol. The highest BCUT2D eigenvalue weighted by Crippen LogP contribution is 2.22. The summed E-state index contributed by atoms with van der Waals surface area (Å²) >= 11 is 0. The number of sulfonamides is 1. The van der Waals surface area contributed by atoms with Gasteiger partial charge in [0.15, 0.2) is 0 Å². The van der Waals surface area contributed by atoms with Gasteiger partial charge in [0.05, 0.1) is 4.90 Å². The molecule has 1 N–H and O–H groups in total. The van der Waals surface area contributed by atoms with E-state index >= 15 is 0 Å². The molecule has 0 amide bonds. The average Bonchev–Trinajstić information content (AvgIpc) is 2.79. The van der Waals surface area contributed by atoms with E-state index in [-0.39, 0.29) is 0 Å². The van der Waals surface area contributed by atoms with Gasteiger partial charge in [-0.05, 0) is 43.2 Å². The summed E-state index contributed by atoms with van der Waals surface area (Å²) in [6.45, 7) is 5.87. The molecule has 1 aromatic heterocycles. The predicted molar refractivity (Wildman–Crippen MR) is 123 cm³/mol. The number of anilines is 3. The van der Waals surface area contributed by atoms with Gasteiger partial charge in [-0.3, -0.25) is 0 Å². The van der Waals surface area contributed by atoms with Crippen LogP contribution in [0.15, 0.2) is 65.6 Å². The van der Waals surface area contributed by atoms with Crippen molar-refractivity contribution in [2.45, 2.75) is 25.2 Å². The van der Waals surface area contributed by atoms with Crippen LogP contribution >= 0.6 is 0 Å². The quantitative estimate of drug-likeness (QED) is 0.635. The van der Waals surface area contributed by atoms with Crippen LogP contribution in [0.3, 0.4) is 0 Å². The SMILES string of the molecule is CCc1ccc(S(=O)(=O)N2CCN(c3nc(C)cc(Nc4ccccc4)n3)CC2)cc1. The van der Waals surface area contributed by atoms with E-state index in [0.29, 0.717) is 37.0 Å². The predicted octanol–water partition coefficient (Wildman–Crippen LogP) is 3.60. The number of hydrogen-bond acceptors (Lipinski definition) is 6. The zero-order valence-corrected chi connectivity index (χ0v) is 18.6. The number of aryl methyl sites for hydroxylation is 2. The van der Waals surface area contributed by atoms with Crippen molar-refractivity contribution in [2.24, 2.45) is 0 Å². The largest absolute Gasteiger partial charge is 0.340 e. The van der Waals surface area contributed by atoms with Crippen LogP contribution < -0.4 is 10.2 Å². The Morgan fingerprint density at radius 1 is 0.935 bits per heavy atom. The summed E-state index contributed by atoms with van der Waals surface area (Å²) < 4.78 is 27.6. The summed E-state index contributed by atoms with van der Waals surface area (Å²) in [5.74, 6) is 1.34. The van der Waals surface area contributed by atoms with Gasteiger partial charge in [0.2, 0.25) is 16.0 Å². The first-order valence-electron chi connectivity index (χ1n) is 10.5. The van der Waals surface area contributed by atoms with E-state index in [2.05, 4.69) is 22.2 Å². The fourth-order valence-corrected chi connectivity index (χ4v) is 5.02. The third kappa shape index (κ3) is 4.86. The minimum absolute atomic E-state index is 0.347. The number of rotatable bonds is 6. The first kappa shape index (κ1) is 21.3. The van der Waals surface area contributed by atoms with Crippen molar-refractivity contribution < 1.29 is 8.42 Å². The Labute approximate surface area is 183 Å². The number of nitrogens with zero attached hydrogens (tertiary/aromatic N) is 4. The van der Waals surface area contributed by atoms with E-state index in [1.54, 1.807) is 16.4 Å². The molecule has 7 nitrogen and oxygen atoms in total. The van der Waals surface area contributed by atoms with E-state index in [0.717, 1.165) is 29.2 Å². The normalized spacial score (nSPS) is 15.1. The Hall–Kier alpha value is -2.97. The molecule has 8 heteroatoms. The standard InChI is InChI=1S/C23H27N5O2S/c1-3-19-9-11-21(12-10-19)31(29,30)28-15-13-27(14-16-28)23-24-18(2)17-22(26-23)25-20-7-5-4-6-8-20/h4-12,17H,3,13-16H2,1-2H3,(H,24,25,26). The highest BCUT2D eigenvalue weighted by atomic mass is 32.2. The Morgan fingerprint density at radius 3 is 2.26 bits per heavy atom. The van der Waals surface area contributed by atoms with Crippen molar-refractivity contribution in [1.82, 2.24) is 14.3 Å². The zero-order chi connectivity index (χ0) is 21.8. The van der Waals surface area contributed by atoms with Gasteiger partial charge in [-0.25, -0.2) is 13.4 Å². The second-order valence-electron chi connectivity index (χ2n) is 7.57. The zero-order valence-electron chi connectivity index (χ0n) is 17.8. The molecular formula is C23H27N5O2S. The molecule has 0 saturated carbocycles. The number of para-hydroxylation sites is 1. The van der Waals surface area contributed by atoms with Crippen LogP contribution in [-0.2, 0) is 16.4 Å². The molecule has 31 heavy (non-hydrogen) atoms. The third-order valence-corrected chi connectivity index (χ3v) is 7.29. The van der Waals surface area contributed by atoms with Crippen LogP contribution in [0.25, 0.3) is 0 Å². The third-order valence-electron chi connectivity index (χ3n) is 5.38. The molecule has 0 aliphatic carbocycles. The lowest BCUT2D eigenvalue weighted by Crippen LogP contribution is -2.49. The Bertz CT molecular complexity index is 1130. The monoisotopic (exact) mass is 437 g/mol. The number of aromatic nitrogens is 2. The highest BCUT2D eigenvalue weighted by Gasteiger charge is 2.29. The Kier molecular flexibility index (Phi) is 6.20. The molecule has 2 aromatic carbocycles. The maximum atomic E-state index is 13.0. The van der Waals surface area contributed by atoms with Gasteiger partial charge in [-0.1, -0.05) is 37.3 Å². The molecule has 0 spiro atoms. The number of hydrogen-bond donors (Lipinski definition) is 1. The lowest BCUT2D eigenvalue weighted by Gasteiger charge is -2.34. The second-order valence-corrected chi connectivity index (χ2v) is 9.51. The van der Waals surface area contributed by atoms with Gasteiger partial charge in [0.1, 0.15) is 5.82 Å². The van der Waals surface area contributed by atoms with Crippen LogP contribution in [0.1, 0.15) is 18.2 Å². The molecule has 1 aliphatic rings. The van der Waals surface area contributed by atoms with E-state index in [1.807, 2.05) is 60.4 Å². The molecule has 1 fully saturated rings. The molecule has 1 aliphatic heterocycles. The maximum Gasteiger partial charge on any atom is 0.243 e. The molecule has 3 aromatic rings. The van der Waals surface area contributed by atoms with Gasteiger partial charge in [-0.15, -0.1) is 0 Å². The average molecular weight is 438 g/mol. The van der Waals surface area contributed by atoms with Gasteiger partial charge >= 0.3 is 0 Å². The smallest absolute Gasteiger partial charge is 0.243 e. The van der Waals surface area contributed by atoms with Crippen LogP contribution in [0, 0.1) is 6.92 Å². The molecule has 0 bridgehead atoms. The van der Waals surface area contributed by atoms with Crippen molar-refractivity contribution >= 4 is 27.5 Å². The minimum Gasteiger partial charge on any atom is -0.340 e. The summed E-state index contributed by atoms with van der Waals surface area (Å²) in [6.07, 6.45) is 0.886. The van der Waals surface area contributed by atoms with E-state index in [9.17, 15) is 8.42 Å². The summed E-state index contributed by atoms with van der Waals surface area (Å²) in [6, 6.07) is 18.9. The van der Waals surface area contributed by atoms with E-state index in [1.165, 1.54) is 0 Å². The molecule has 2 heterocycles. The molecule has 4 rings (SSSR count). The van der Waals surface area contributed by atoms with Crippen LogP contribution in [0.5, 0.6) is 0 Å². The van der Waals surface area contributed by atoms with Gasteiger partial charge < -0.3 is 10.2 Å². The minimum atomic E-state index is -3.50. The summed E-state index contributed by atoms with van der Waals surface area (Å²) in [5.41, 5.74) is 2.94. The van der Waals surface area contributed by atoms with Gasteiger partial charge in [0.25, 0.3) is 0 Å². The molecule has 1 saturated heterocycles. The van der Waals surface area contributed by atoms with E-state index in [4.69, 9.17) is 0 Å². The summed E-state index contributed by atoms with van der Waals surface area (Å²) in [7, 11) is -3.50. The summed E-state index contributed by atoms with van der Waals surface area (Å²) in [5, 5.41) is 3.30. The second kappa shape index (κ2) is 9.03. The van der Waals surface area contributed by atoms with Crippen molar-refractivity contribution in [3.8, 4) is 0 Å².